The summed E-state index contributed by atoms with van der Waals surface area (Å²) in [7, 11) is 0. The van der Waals surface area contributed by atoms with Gasteiger partial charge in [0, 0.05) is 32.4 Å². The number of benzene rings is 1. The molecule has 0 aliphatic carbocycles. The van der Waals surface area contributed by atoms with Gasteiger partial charge in [-0.25, -0.2) is 9.78 Å². The van der Waals surface area contributed by atoms with Crippen LogP contribution in [0.2, 0.25) is 0 Å². The van der Waals surface area contributed by atoms with E-state index >= 15 is 0 Å². The molecular weight excluding hydrogens is 418 g/mol. The summed E-state index contributed by atoms with van der Waals surface area (Å²) in [5.41, 5.74) is 1.82. The molecule has 1 aliphatic rings. The van der Waals surface area contributed by atoms with Crippen molar-refractivity contribution in [1.29, 1.82) is 0 Å². The molecule has 1 unspecified atom stereocenters. The second-order valence-corrected chi connectivity index (χ2v) is 8.99. The van der Waals surface area contributed by atoms with E-state index in [0.29, 0.717) is 18.7 Å². The summed E-state index contributed by atoms with van der Waals surface area (Å²) >= 11 is 0. The van der Waals surface area contributed by atoms with Crippen LogP contribution in [0.5, 0.6) is 0 Å². The number of H-pyrrole nitrogens is 1. The summed E-state index contributed by atoms with van der Waals surface area (Å²) in [6.07, 6.45) is 4.71. The van der Waals surface area contributed by atoms with Crippen LogP contribution in [0, 0.1) is 5.92 Å². The summed E-state index contributed by atoms with van der Waals surface area (Å²) in [4.78, 5) is 46.0. The molecule has 2 N–H and O–H groups in total. The van der Waals surface area contributed by atoms with Gasteiger partial charge in [-0.2, -0.15) is 0 Å². The second kappa shape index (κ2) is 10.1. The van der Waals surface area contributed by atoms with E-state index in [0.717, 1.165) is 37.5 Å². The van der Waals surface area contributed by atoms with E-state index in [1.54, 1.807) is 0 Å². The van der Waals surface area contributed by atoms with E-state index in [4.69, 9.17) is 0 Å². The van der Waals surface area contributed by atoms with Gasteiger partial charge in [0.2, 0.25) is 0 Å². The molecule has 1 saturated heterocycles. The smallest absolute Gasteiger partial charge is 0.329 e. The number of likely N-dealkylation sites (tertiary alicyclic amines) is 1. The average Bonchev–Trinajstić information content (AvgIpc) is 2.81. The third kappa shape index (κ3) is 5.39. The van der Waals surface area contributed by atoms with Crippen molar-refractivity contribution in [2.75, 3.05) is 13.1 Å². The lowest BCUT2D eigenvalue weighted by atomic mass is 9.99. The van der Waals surface area contributed by atoms with E-state index in [-0.39, 0.29) is 16.9 Å². The number of aromatic nitrogens is 3. The van der Waals surface area contributed by atoms with Gasteiger partial charge in [0.25, 0.3) is 11.5 Å². The van der Waals surface area contributed by atoms with Crippen LogP contribution in [-0.4, -0.2) is 38.4 Å². The number of aryl methyl sites for hydroxylation is 1. The summed E-state index contributed by atoms with van der Waals surface area (Å²) in [6, 6.07) is 9.80. The minimum Gasteiger partial charge on any atom is -0.348 e. The summed E-state index contributed by atoms with van der Waals surface area (Å²) in [6.45, 7) is 8.32. The number of nitrogens with zero attached hydrogens (tertiary/aromatic N) is 3. The first-order valence-corrected chi connectivity index (χ1v) is 11.7. The fraction of sp³-hybridized carbons (Fsp3) is 0.440. The number of nitrogens with one attached hydrogen (secondary N) is 2. The SMILES string of the molecule is CCCn1c(=O)[nH]c(=O)c2cc(C(=O)NCc3ccc(CN4CCCC(C)C4)cc3)cnc21. The molecule has 0 radical (unpaired) electrons. The summed E-state index contributed by atoms with van der Waals surface area (Å²) in [5.74, 6) is 0.441. The lowest BCUT2D eigenvalue weighted by Crippen LogP contribution is -2.33. The maximum atomic E-state index is 12.7. The molecule has 0 bridgehead atoms. The maximum Gasteiger partial charge on any atom is 0.329 e. The van der Waals surface area contributed by atoms with E-state index in [2.05, 4.69) is 39.2 Å². The van der Waals surface area contributed by atoms with Crippen LogP contribution in [0.3, 0.4) is 0 Å². The molecule has 1 fully saturated rings. The number of pyridine rings is 1. The van der Waals surface area contributed by atoms with Crippen molar-refractivity contribution in [3.05, 3.63) is 74.1 Å². The van der Waals surface area contributed by atoms with Crippen LogP contribution in [0.1, 0.15) is 54.6 Å². The van der Waals surface area contributed by atoms with Gasteiger partial charge in [0.1, 0.15) is 5.65 Å². The summed E-state index contributed by atoms with van der Waals surface area (Å²) < 4.78 is 1.42. The van der Waals surface area contributed by atoms with Crippen molar-refractivity contribution in [2.24, 2.45) is 5.92 Å². The number of carbonyl (C=O) groups excluding carboxylic acids is 1. The lowest BCUT2D eigenvalue weighted by molar-refractivity contribution is 0.0950. The van der Waals surface area contributed by atoms with E-state index in [1.807, 2.05) is 19.1 Å². The van der Waals surface area contributed by atoms with Gasteiger partial charge in [-0.05, 0) is 48.9 Å². The van der Waals surface area contributed by atoms with Crippen molar-refractivity contribution in [2.45, 2.75) is 52.7 Å². The van der Waals surface area contributed by atoms with Gasteiger partial charge in [-0.1, -0.05) is 38.1 Å². The number of rotatable bonds is 7. The highest BCUT2D eigenvalue weighted by Gasteiger charge is 2.16. The number of fused-ring (bicyclic) bond motifs is 1. The zero-order valence-corrected chi connectivity index (χ0v) is 19.3. The standard InChI is InChI=1S/C25H31N5O3/c1-3-10-30-22-21(24(32)28-25(30)33)12-20(14-26-22)23(31)27-13-18-6-8-19(9-7-18)16-29-11-4-5-17(2)15-29/h6-9,12,14,17H,3-5,10-11,13,15-16H2,1-2H3,(H,27,31)(H,28,32,33). The Hall–Kier alpha value is -3.26. The van der Waals surface area contributed by atoms with E-state index in [1.165, 1.54) is 35.2 Å². The Labute approximate surface area is 192 Å². The molecule has 0 saturated carbocycles. The van der Waals surface area contributed by atoms with Gasteiger partial charge in [-0.3, -0.25) is 24.0 Å². The fourth-order valence-electron chi connectivity index (χ4n) is 4.46. The average molecular weight is 450 g/mol. The molecule has 1 amide bonds. The van der Waals surface area contributed by atoms with Crippen LogP contribution in [0.15, 0.2) is 46.1 Å². The molecule has 8 heteroatoms. The monoisotopic (exact) mass is 449 g/mol. The Bertz CT molecular complexity index is 1250. The molecule has 2 aromatic heterocycles. The number of aromatic amines is 1. The normalized spacial score (nSPS) is 16.7. The van der Waals surface area contributed by atoms with Gasteiger partial charge >= 0.3 is 5.69 Å². The van der Waals surface area contributed by atoms with Gasteiger partial charge in [-0.15, -0.1) is 0 Å². The Kier molecular flexibility index (Phi) is 7.03. The highest BCUT2D eigenvalue weighted by Crippen LogP contribution is 2.18. The number of piperidine rings is 1. The first kappa shape index (κ1) is 22.9. The third-order valence-corrected chi connectivity index (χ3v) is 6.17. The highest BCUT2D eigenvalue weighted by molar-refractivity contribution is 5.96. The number of amides is 1. The van der Waals surface area contributed by atoms with Gasteiger partial charge in [0.15, 0.2) is 0 Å². The summed E-state index contributed by atoms with van der Waals surface area (Å²) in [5, 5.41) is 3.12. The number of hydrogen-bond acceptors (Lipinski definition) is 5. The van der Waals surface area contributed by atoms with Crippen molar-refractivity contribution in [3.63, 3.8) is 0 Å². The molecule has 0 spiro atoms. The predicted molar refractivity (Wildman–Crippen MR) is 128 cm³/mol. The third-order valence-electron chi connectivity index (χ3n) is 6.17. The Morgan fingerprint density at radius 3 is 2.70 bits per heavy atom. The Morgan fingerprint density at radius 1 is 1.21 bits per heavy atom. The van der Waals surface area contributed by atoms with Crippen molar-refractivity contribution in [3.8, 4) is 0 Å². The van der Waals surface area contributed by atoms with E-state index in [9.17, 15) is 14.4 Å². The molecule has 3 heterocycles. The lowest BCUT2D eigenvalue weighted by Gasteiger charge is -2.30. The predicted octanol–water partition coefficient (Wildman–Crippen LogP) is 2.66. The molecule has 1 atom stereocenters. The largest absolute Gasteiger partial charge is 0.348 e. The number of hydrogen-bond donors (Lipinski definition) is 2. The fourth-order valence-corrected chi connectivity index (χ4v) is 4.46. The van der Waals surface area contributed by atoms with E-state index < -0.39 is 11.2 Å². The molecule has 174 valence electrons. The molecule has 1 aliphatic heterocycles. The zero-order chi connectivity index (χ0) is 23.4. The molecular formula is C25H31N5O3. The Morgan fingerprint density at radius 2 is 1.97 bits per heavy atom. The first-order valence-electron chi connectivity index (χ1n) is 11.7. The molecule has 8 nitrogen and oxygen atoms in total. The molecule has 33 heavy (non-hydrogen) atoms. The molecule has 4 rings (SSSR count). The second-order valence-electron chi connectivity index (χ2n) is 8.99. The van der Waals surface area contributed by atoms with Crippen molar-refractivity contribution in [1.82, 2.24) is 24.8 Å². The molecule has 3 aromatic rings. The topological polar surface area (TPSA) is 100 Å². The van der Waals surface area contributed by atoms with Crippen LogP contribution in [0.25, 0.3) is 11.0 Å². The van der Waals surface area contributed by atoms with Crippen LogP contribution >= 0.6 is 0 Å². The Balaban J connectivity index is 1.41. The van der Waals surface area contributed by atoms with Gasteiger partial charge in [0.05, 0.1) is 10.9 Å². The van der Waals surface area contributed by atoms with Crippen LogP contribution in [-0.2, 0) is 19.6 Å². The minimum atomic E-state index is -0.539. The van der Waals surface area contributed by atoms with Gasteiger partial charge < -0.3 is 5.32 Å². The van der Waals surface area contributed by atoms with Crippen molar-refractivity contribution >= 4 is 16.9 Å². The van der Waals surface area contributed by atoms with Crippen molar-refractivity contribution < 1.29 is 4.79 Å². The van der Waals surface area contributed by atoms with Crippen LogP contribution < -0.4 is 16.6 Å². The highest BCUT2D eigenvalue weighted by atomic mass is 16.2. The maximum absolute atomic E-state index is 12.7. The first-order chi connectivity index (χ1) is 15.9. The minimum absolute atomic E-state index is 0.229. The quantitative estimate of drug-likeness (QED) is 0.578. The number of carbonyl (C=O) groups is 1. The molecule has 1 aromatic carbocycles. The van der Waals surface area contributed by atoms with Crippen LogP contribution in [0.4, 0.5) is 0 Å². The zero-order valence-electron chi connectivity index (χ0n) is 19.3.